The molecule has 2 N–H and O–H groups in total. The molecule has 2 aliphatic carbocycles. The Balaban J connectivity index is 0.00000147. The second-order valence-corrected chi connectivity index (χ2v) is 7.19. The van der Waals surface area contributed by atoms with Gasteiger partial charge >= 0.3 is 0 Å². The third-order valence-corrected chi connectivity index (χ3v) is 5.71. The Labute approximate surface area is 129 Å². The van der Waals surface area contributed by atoms with Gasteiger partial charge in [-0.2, -0.15) is 0 Å². The number of amides is 1. The summed E-state index contributed by atoms with van der Waals surface area (Å²) >= 11 is 0. The molecule has 3 fully saturated rings. The summed E-state index contributed by atoms with van der Waals surface area (Å²) < 4.78 is 0. The molecule has 1 heterocycles. The van der Waals surface area contributed by atoms with Crippen LogP contribution in [0.15, 0.2) is 0 Å². The van der Waals surface area contributed by atoms with E-state index in [0.717, 1.165) is 25.4 Å². The van der Waals surface area contributed by atoms with Crippen molar-refractivity contribution in [2.24, 2.45) is 17.3 Å². The van der Waals surface area contributed by atoms with E-state index in [2.05, 4.69) is 17.6 Å². The van der Waals surface area contributed by atoms with Crippen LogP contribution in [0.3, 0.4) is 0 Å². The van der Waals surface area contributed by atoms with Crippen molar-refractivity contribution < 1.29 is 4.79 Å². The van der Waals surface area contributed by atoms with Crippen molar-refractivity contribution in [3.63, 3.8) is 0 Å². The average molecular weight is 301 g/mol. The van der Waals surface area contributed by atoms with E-state index in [4.69, 9.17) is 0 Å². The maximum atomic E-state index is 12.4. The van der Waals surface area contributed by atoms with Gasteiger partial charge in [0.15, 0.2) is 0 Å². The normalized spacial score (nSPS) is 35.8. The second-order valence-electron chi connectivity index (χ2n) is 7.19. The lowest BCUT2D eigenvalue weighted by molar-refractivity contribution is -0.124. The van der Waals surface area contributed by atoms with Crippen LogP contribution < -0.4 is 10.6 Å². The van der Waals surface area contributed by atoms with Crippen molar-refractivity contribution in [1.82, 2.24) is 10.6 Å². The first kappa shape index (κ1) is 16.1. The number of hydrogen-bond acceptors (Lipinski definition) is 2. The minimum absolute atomic E-state index is 0. The van der Waals surface area contributed by atoms with Gasteiger partial charge in [0.25, 0.3) is 0 Å². The van der Waals surface area contributed by atoms with E-state index >= 15 is 0 Å². The summed E-state index contributed by atoms with van der Waals surface area (Å²) in [4.78, 5) is 12.4. The second kappa shape index (κ2) is 6.65. The van der Waals surface area contributed by atoms with Crippen LogP contribution in [0.2, 0.25) is 0 Å². The molecule has 1 saturated heterocycles. The summed E-state index contributed by atoms with van der Waals surface area (Å²) in [5.41, 5.74) is 0.382. The highest BCUT2D eigenvalue weighted by molar-refractivity contribution is 5.85. The molecule has 0 bridgehead atoms. The molecule has 20 heavy (non-hydrogen) atoms. The topological polar surface area (TPSA) is 41.1 Å². The van der Waals surface area contributed by atoms with Crippen LogP contribution in [0.5, 0.6) is 0 Å². The molecule has 0 aromatic carbocycles. The molecule has 3 nitrogen and oxygen atoms in total. The maximum Gasteiger partial charge on any atom is 0.223 e. The lowest BCUT2D eigenvalue weighted by atomic mass is 9.91. The third kappa shape index (κ3) is 3.48. The van der Waals surface area contributed by atoms with Gasteiger partial charge in [-0.15, -0.1) is 12.4 Å². The smallest absolute Gasteiger partial charge is 0.223 e. The lowest BCUT2D eigenvalue weighted by Gasteiger charge is -2.24. The van der Waals surface area contributed by atoms with Gasteiger partial charge in [-0.1, -0.05) is 19.8 Å². The fourth-order valence-corrected chi connectivity index (χ4v) is 4.13. The predicted octanol–water partition coefficient (Wildman–Crippen LogP) is 2.88. The Morgan fingerprint density at radius 2 is 1.90 bits per heavy atom. The van der Waals surface area contributed by atoms with Crippen molar-refractivity contribution in [3.8, 4) is 0 Å². The molecule has 1 aliphatic heterocycles. The van der Waals surface area contributed by atoms with Crippen molar-refractivity contribution in [2.75, 3.05) is 13.1 Å². The molecule has 4 heteroatoms. The Morgan fingerprint density at radius 1 is 1.15 bits per heavy atom. The van der Waals surface area contributed by atoms with Gasteiger partial charge in [0.1, 0.15) is 0 Å². The number of carbonyl (C=O) groups is 1. The minimum atomic E-state index is 0. The van der Waals surface area contributed by atoms with Crippen LogP contribution in [0.25, 0.3) is 0 Å². The van der Waals surface area contributed by atoms with Crippen LogP contribution in [0.4, 0.5) is 0 Å². The highest BCUT2D eigenvalue weighted by Crippen LogP contribution is 2.58. The van der Waals surface area contributed by atoms with Crippen LogP contribution in [0, 0.1) is 17.3 Å². The first-order valence-electron chi connectivity index (χ1n) is 8.21. The molecule has 116 valence electrons. The Morgan fingerprint density at radius 3 is 2.65 bits per heavy atom. The molecule has 3 atom stereocenters. The quantitative estimate of drug-likeness (QED) is 0.770. The SMILES string of the molecule is CC1CCCC(NC(=O)C2CC23CCNCC3)CC1.Cl. The molecule has 3 rings (SSSR count). The minimum Gasteiger partial charge on any atom is -0.353 e. The molecule has 3 unspecified atom stereocenters. The third-order valence-electron chi connectivity index (χ3n) is 5.71. The molecular weight excluding hydrogens is 272 g/mol. The van der Waals surface area contributed by atoms with Gasteiger partial charge in [-0.3, -0.25) is 4.79 Å². The number of hydrogen-bond donors (Lipinski definition) is 2. The first-order chi connectivity index (χ1) is 9.20. The van der Waals surface area contributed by atoms with E-state index in [9.17, 15) is 4.79 Å². The number of nitrogens with one attached hydrogen (secondary N) is 2. The van der Waals surface area contributed by atoms with Crippen molar-refractivity contribution in [1.29, 1.82) is 0 Å². The largest absolute Gasteiger partial charge is 0.353 e. The van der Waals surface area contributed by atoms with Crippen molar-refractivity contribution in [2.45, 2.75) is 64.3 Å². The van der Waals surface area contributed by atoms with E-state index in [1.807, 2.05) is 0 Å². The van der Waals surface area contributed by atoms with Gasteiger partial charge in [0.2, 0.25) is 5.91 Å². The maximum absolute atomic E-state index is 12.4. The highest BCUT2D eigenvalue weighted by Gasteiger charge is 2.57. The fourth-order valence-electron chi connectivity index (χ4n) is 4.13. The average Bonchev–Trinajstić information content (AvgIpc) is 3.13. The molecule has 2 saturated carbocycles. The van der Waals surface area contributed by atoms with E-state index in [-0.39, 0.29) is 12.4 Å². The lowest BCUT2D eigenvalue weighted by Crippen LogP contribution is -2.38. The fraction of sp³-hybridized carbons (Fsp3) is 0.938. The van der Waals surface area contributed by atoms with E-state index in [1.54, 1.807) is 0 Å². The van der Waals surface area contributed by atoms with Gasteiger partial charge in [-0.25, -0.2) is 0 Å². The van der Waals surface area contributed by atoms with Crippen LogP contribution in [0.1, 0.15) is 58.3 Å². The molecular formula is C16H29ClN2O. The van der Waals surface area contributed by atoms with Gasteiger partial charge in [0, 0.05) is 12.0 Å². The van der Waals surface area contributed by atoms with Crippen LogP contribution in [-0.2, 0) is 4.79 Å². The van der Waals surface area contributed by atoms with Gasteiger partial charge in [-0.05, 0) is 62.9 Å². The zero-order chi connectivity index (χ0) is 13.3. The van der Waals surface area contributed by atoms with Crippen molar-refractivity contribution >= 4 is 18.3 Å². The van der Waals surface area contributed by atoms with E-state index < -0.39 is 0 Å². The number of halogens is 1. The number of piperidine rings is 1. The summed E-state index contributed by atoms with van der Waals surface area (Å²) in [7, 11) is 0. The Kier molecular flexibility index (Phi) is 5.36. The monoisotopic (exact) mass is 300 g/mol. The standard InChI is InChI=1S/C16H28N2O.ClH/c1-12-3-2-4-13(6-5-12)18-15(19)14-11-16(14)7-9-17-10-8-16;/h12-14,17H,2-11H2,1H3,(H,18,19);1H. The Hall–Kier alpha value is -0.280. The molecule has 3 aliphatic rings. The van der Waals surface area contributed by atoms with Gasteiger partial charge < -0.3 is 10.6 Å². The summed E-state index contributed by atoms with van der Waals surface area (Å²) in [6.07, 6.45) is 9.83. The predicted molar refractivity (Wildman–Crippen MR) is 84.1 cm³/mol. The number of carbonyl (C=O) groups excluding carboxylic acids is 1. The summed E-state index contributed by atoms with van der Waals surface area (Å²) in [5.74, 6) is 1.54. The molecule has 0 aromatic heterocycles. The molecule has 1 spiro atoms. The van der Waals surface area contributed by atoms with E-state index in [0.29, 0.717) is 23.3 Å². The molecule has 0 radical (unpaired) electrons. The zero-order valence-electron chi connectivity index (χ0n) is 12.6. The van der Waals surface area contributed by atoms with Gasteiger partial charge in [0.05, 0.1) is 0 Å². The molecule has 1 amide bonds. The summed E-state index contributed by atoms with van der Waals surface area (Å²) in [6, 6.07) is 0.455. The van der Waals surface area contributed by atoms with E-state index in [1.165, 1.54) is 44.9 Å². The summed E-state index contributed by atoms with van der Waals surface area (Å²) in [5, 5.41) is 6.76. The first-order valence-corrected chi connectivity index (χ1v) is 8.21. The van der Waals surface area contributed by atoms with Crippen molar-refractivity contribution in [3.05, 3.63) is 0 Å². The summed E-state index contributed by atoms with van der Waals surface area (Å²) in [6.45, 7) is 4.55. The highest BCUT2D eigenvalue weighted by atomic mass is 35.5. The zero-order valence-corrected chi connectivity index (χ0v) is 13.4. The number of rotatable bonds is 2. The Bertz CT molecular complexity index is 341. The van der Waals surface area contributed by atoms with Crippen LogP contribution in [-0.4, -0.2) is 25.0 Å². The van der Waals surface area contributed by atoms with Crippen LogP contribution >= 0.6 is 12.4 Å². The molecule has 0 aromatic rings.